The summed E-state index contributed by atoms with van der Waals surface area (Å²) < 4.78 is 30.2. The van der Waals surface area contributed by atoms with Gasteiger partial charge in [-0.25, -0.2) is 8.78 Å². The van der Waals surface area contributed by atoms with Crippen molar-refractivity contribution in [2.75, 3.05) is 0 Å². The summed E-state index contributed by atoms with van der Waals surface area (Å²) in [5.41, 5.74) is 3.85. The van der Waals surface area contributed by atoms with Crippen LogP contribution in [0, 0.1) is 0 Å². The van der Waals surface area contributed by atoms with Gasteiger partial charge in [-0.1, -0.05) is 0 Å². The zero-order chi connectivity index (χ0) is 10.1. The standard InChI is InChI=1S/C8H10BrF2NO/c1-8(12,7(10)11)4-5-2-3-6(9)13-5/h2-3,7H,4,12H2,1H3. The molecule has 1 atom stereocenters. The summed E-state index contributed by atoms with van der Waals surface area (Å²) in [4.78, 5) is 0. The molecule has 0 radical (unpaired) electrons. The number of rotatable bonds is 3. The van der Waals surface area contributed by atoms with Crippen LogP contribution in [-0.4, -0.2) is 12.0 Å². The van der Waals surface area contributed by atoms with E-state index in [4.69, 9.17) is 10.2 Å². The van der Waals surface area contributed by atoms with Gasteiger partial charge in [0.15, 0.2) is 4.67 Å². The highest BCUT2D eigenvalue weighted by molar-refractivity contribution is 9.10. The molecule has 13 heavy (non-hydrogen) atoms. The lowest BCUT2D eigenvalue weighted by atomic mass is 9.99. The zero-order valence-electron chi connectivity index (χ0n) is 7.06. The molecule has 0 saturated carbocycles. The molecule has 0 aromatic carbocycles. The average molecular weight is 254 g/mol. The quantitative estimate of drug-likeness (QED) is 0.900. The van der Waals surface area contributed by atoms with Crippen LogP contribution in [0.25, 0.3) is 0 Å². The lowest BCUT2D eigenvalue weighted by Crippen LogP contribution is -2.45. The van der Waals surface area contributed by atoms with E-state index >= 15 is 0 Å². The Bertz CT molecular complexity index is 285. The van der Waals surface area contributed by atoms with E-state index < -0.39 is 12.0 Å². The lowest BCUT2D eigenvalue weighted by molar-refractivity contribution is 0.0609. The summed E-state index contributed by atoms with van der Waals surface area (Å²) >= 11 is 3.08. The van der Waals surface area contributed by atoms with Crippen LogP contribution in [0.4, 0.5) is 8.78 Å². The molecule has 1 unspecified atom stereocenters. The van der Waals surface area contributed by atoms with Gasteiger partial charge in [0, 0.05) is 6.42 Å². The fraction of sp³-hybridized carbons (Fsp3) is 0.500. The first-order valence-corrected chi connectivity index (χ1v) is 4.52. The van der Waals surface area contributed by atoms with Crippen molar-refractivity contribution in [1.82, 2.24) is 0 Å². The van der Waals surface area contributed by atoms with Crippen LogP contribution >= 0.6 is 15.9 Å². The van der Waals surface area contributed by atoms with Gasteiger partial charge in [-0.2, -0.15) is 0 Å². The molecule has 1 aromatic heterocycles. The summed E-state index contributed by atoms with van der Waals surface area (Å²) in [6.45, 7) is 1.30. The Labute approximate surface area is 83.2 Å². The number of nitrogens with two attached hydrogens (primary N) is 1. The van der Waals surface area contributed by atoms with Crippen LogP contribution in [-0.2, 0) is 6.42 Å². The topological polar surface area (TPSA) is 39.2 Å². The molecule has 74 valence electrons. The van der Waals surface area contributed by atoms with Crippen LogP contribution in [0.1, 0.15) is 12.7 Å². The molecule has 1 aromatic rings. The van der Waals surface area contributed by atoms with Crippen molar-refractivity contribution in [3.8, 4) is 0 Å². The van der Waals surface area contributed by atoms with Crippen molar-refractivity contribution >= 4 is 15.9 Å². The zero-order valence-corrected chi connectivity index (χ0v) is 8.64. The first-order valence-electron chi connectivity index (χ1n) is 3.73. The number of alkyl halides is 2. The molecule has 2 N–H and O–H groups in total. The largest absolute Gasteiger partial charge is 0.454 e. The Balaban J connectivity index is 2.68. The van der Waals surface area contributed by atoms with Crippen LogP contribution < -0.4 is 5.73 Å². The Kier molecular flexibility index (Phi) is 3.08. The second-order valence-corrected chi connectivity index (χ2v) is 3.97. The van der Waals surface area contributed by atoms with Gasteiger partial charge in [0.05, 0.1) is 5.54 Å². The normalized spacial score (nSPS) is 16.2. The maximum absolute atomic E-state index is 12.3. The Morgan fingerprint density at radius 3 is 2.62 bits per heavy atom. The molecule has 1 heterocycles. The van der Waals surface area contributed by atoms with Crippen molar-refractivity contribution in [2.24, 2.45) is 5.73 Å². The summed E-state index contributed by atoms with van der Waals surface area (Å²) in [6, 6.07) is 3.27. The Hall–Kier alpha value is -0.420. The molecule has 0 aliphatic rings. The number of hydrogen-bond donors (Lipinski definition) is 1. The Morgan fingerprint density at radius 1 is 1.62 bits per heavy atom. The molecule has 0 bridgehead atoms. The molecule has 0 saturated heterocycles. The molecule has 1 rings (SSSR count). The smallest absolute Gasteiger partial charge is 0.256 e. The van der Waals surface area contributed by atoms with Crippen molar-refractivity contribution < 1.29 is 13.2 Å². The van der Waals surface area contributed by atoms with Gasteiger partial charge in [0.25, 0.3) is 6.43 Å². The highest BCUT2D eigenvalue weighted by atomic mass is 79.9. The minimum Gasteiger partial charge on any atom is -0.454 e. The van der Waals surface area contributed by atoms with E-state index in [1.165, 1.54) is 6.92 Å². The molecule has 0 fully saturated rings. The predicted molar refractivity (Wildman–Crippen MR) is 48.7 cm³/mol. The maximum Gasteiger partial charge on any atom is 0.256 e. The molecule has 0 aliphatic heterocycles. The average Bonchev–Trinajstić information content (AvgIpc) is 2.34. The Morgan fingerprint density at radius 2 is 2.23 bits per heavy atom. The fourth-order valence-electron chi connectivity index (χ4n) is 0.899. The van der Waals surface area contributed by atoms with Crippen molar-refractivity contribution in [3.63, 3.8) is 0 Å². The van der Waals surface area contributed by atoms with Crippen LogP contribution in [0.3, 0.4) is 0 Å². The van der Waals surface area contributed by atoms with E-state index in [0.29, 0.717) is 10.4 Å². The van der Waals surface area contributed by atoms with E-state index in [1.807, 2.05) is 0 Å². The number of halogens is 3. The van der Waals surface area contributed by atoms with Crippen molar-refractivity contribution in [1.29, 1.82) is 0 Å². The summed E-state index contributed by atoms with van der Waals surface area (Å²) in [6.07, 6.45) is -2.53. The van der Waals surface area contributed by atoms with Gasteiger partial charge >= 0.3 is 0 Å². The number of furan rings is 1. The van der Waals surface area contributed by atoms with E-state index in [-0.39, 0.29) is 6.42 Å². The third-order valence-electron chi connectivity index (χ3n) is 1.68. The molecular formula is C8H10BrF2NO. The van der Waals surface area contributed by atoms with Gasteiger partial charge in [-0.15, -0.1) is 0 Å². The molecule has 5 heteroatoms. The minimum absolute atomic E-state index is 0.0241. The van der Waals surface area contributed by atoms with Gasteiger partial charge in [-0.3, -0.25) is 0 Å². The van der Waals surface area contributed by atoms with E-state index in [0.717, 1.165) is 0 Å². The van der Waals surface area contributed by atoms with Crippen LogP contribution in [0.5, 0.6) is 0 Å². The number of hydrogen-bond acceptors (Lipinski definition) is 2. The monoisotopic (exact) mass is 253 g/mol. The van der Waals surface area contributed by atoms with E-state index in [2.05, 4.69) is 15.9 Å². The highest BCUT2D eigenvalue weighted by Gasteiger charge is 2.31. The fourth-order valence-corrected chi connectivity index (χ4v) is 1.24. The molecule has 0 amide bonds. The van der Waals surface area contributed by atoms with Gasteiger partial charge < -0.3 is 10.2 Å². The summed E-state index contributed by atoms with van der Waals surface area (Å²) in [5.74, 6) is 0.456. The van der Waals surface area contributed by atoms with Crippen molar-refractivity contribution in [2.45, 2.75) is 25.3 Å². The molecule has 2 nitrogen and oxygen atoms in total. The highest BCUT2D eigenvalue weighted by Crippen LogP contribution is 2.21. The van der Waals surface area contributed by atoms with Gasteiger partial charge in [0.1, 0.15) is 5.76 Å². The minimum atomic E-state index is -2.56. The maximum atomic E-state index is 12.3. The second kappa shape index (κ2) is 3.75. The molecule has 0 spiro atoms. The predicted octanol–water partition coefficient (Wildman–Crippen LogP) is 2.57. The summed E-state index contributed by atoms with van der Waals surface area (Å²) in [7, 11) is 0. The third-order valence-corrected chi connectivity index (χ3v) is 2.11. The van der Waals surface area contributed by atoms with Crippen molar-refractivity contribution in [3.05, 3.63) is 22.6 Å². The summed E-state index contributed by atoms with van der Waals surface area (Å²) in [5, 5.41) is 0. The molecule has 0 aliphatic carbocycles. The first-order chi connectivity index (χ1) is 5.92. The van der Waals surface area contributed by atoms with Crippen LogP contribution in [0.15, 0.2) is 21.2 Å². The van der Waals surface area contributed by atoms with Gasteiger partial charge in [-0.05, 0) is 35.0 Å². The van der Waals surface area contributed by atoms with E-state index in [9.17, 15) is 8.78 Å². The second-order valence-electron chi connectivity index (χ2n) is 3.19. The molecular weight excluding hydrogens is 244 g/mol. The van der Waals surface area contributed by atoms with E-state index in [1.54, 1.807) is 12.1 Å². The first kappa shape index (κ1) is 10.7. The third kappa shape index (κ3) is 2.77. The lowest BCUT2D eigenvalue weighted by Gasteiger charge is -2.21. The SMILES string of the molecule is CC(N)(Cc1ccc(Br)o1)C(F)F. The van der Waals surface area contributed by atoms with Gasteiger partial charge in [0.2, 0.25) is 0 Å². The van der Waals surface area contributed by atoms with Crippen LogP contribution in [0.2, 0.25) is 0 Å².